The number of nitrogens with one attached hydrogen (secondary N) is 2. The Morgan fingerprint density at radius 2 is 1.70 bits per heavy atom. The molecule has 3 rings (SSSR count). The van der Waals surface area contributed by atoms with Crippen LogP contribution in [0.1, 0.15) is 60.4 Å². The number of rotatable bonds is 6. The monoisotopic (exact) mass is 412 g/mol. The molecule has 1 atom stereocenters. The van der Waals surface area contributed by atoms with E-state index in [1.165, 1.54) is 19.9 Å². The van der Waals surface area contributed by atoms with E-state index in [4.69, 9.17) is 9.15 Å². The Bertz CT molecular complexity index is 941. The first kappa shape index (κ1) is 21.3. The van der Waals surface area contributed by atoms with E-state index in [0.29, 0.717) is 16.9 Å². The summed E-state index contributed by atoms with van der Waals surface area (Å²) in [4.78, 5) is 47.6. The number of carbonyl (C=O) groups excluding carboxylic acids is 4. The fraction of sp³-hybridized carbons (Fsp3) is 0.364. The summed E-state index contributed by atoms with van der Waals surface area (Å²) in [5.41, 5.74) is 1.26. The predicted molar refractivity (Wildman–Crippen MR) is 108 cm³/mol. The molecule has 3 amide bonds. The highest BCUT2D eigenvalue weighted by atomic mass is 16.6. The van der Waals surface area contributed by atoms with E-state index in [9.17, 15) is 19.2 Å². The van der Waals surface area contributed by atoms with Gasteiger partial charge in [0.2, 0.25) is 5.76 Å². The minimum atomic E-state index is -1.17. The van der Waals surface area contributed by atoms with Crippen LogP contribution >= 0.6 is 0 Å². The molecule has 1 aromatic carbocycles. The van der Waals surface area contributed by atoms with Crippen molar-refractivity contribution in [3.63, 3.8) is 0 Å². The molecule has 30 heavy (non-hydrogen) atoms. The average Bonchev–Trinajstić information content (AvgIpc) is 3.40. The number of benzene rings is 1. The van der Waals surface area contributed by atoms with Gasteiger partial charge in [0, 0.05) is 17.2 Å². The molecule has 1 heterocycles. The number of carbonyl (C=O) groups is 4. The smallest absolute Gasteiger partial charge is 0.375 e. The Morgan fingerprint density at radius 3 is 2.33 bits per heavy atom. The third-order valence-corrected chi connectivity index (χ3v) is 4.96. The number of furan rings is 1. The average molecular weight is 412 g/mol. The number of urea groups is 1. The van der Waals surface area contributed by atoms with Gasteiger partial charge in [-0.15, -0.1) is 0 Å². The molecule has 8 nitrogen and oxygen atoms in total. The molecule has 0 aliphatic heterocycles. The van der Waals surface area contributed by atoms with Crippen LogP contribution in [0.25, 0.3) is 11.3 Å². The molecule has 8 heteroatoms. The second-order valence-corrected chi connectivity index (χ2v) is 7.29. The van der Waals surface area contributed by atoms with Gasteiger partial charge in [0.1, 0.15) is 5.76 Å². The Kier molecular flexibility index (Phi) is 6.66. The maximum Gasteiger partial charge on any atom is 0.375 e. The third-order valence-electron chi connectivity index (χ3n) is 4.96. The highest BCUT2D eigenvalue weighted by molar-refractivity contribution is 5.98. The highest BCUT2D eigenvalue weighted by Crippen LogP contribution is 2.23. The zero-order valence-corrected chi connectivity index (χ0v) is 16.9. The quantitative estimate of drug-likeness (QED) is 0.555. The van der Waals surface area contributed by atoms with E-state index in [1.54, 1.807) is 30.3 Å². The summed E-state index contributed by atoms with van der Waals surface area (Å²) in [5, 5.41) is 4.92. The first-order valence-electron chi connectivity index (χ1n) is 9.87. The van der Waals surface area contributed by atoms with Crippen LogP contribution in [0.15, 0.2) is 40.8 Å². The van der Waals surface area contributed by atoms with Gasteiger partial charge in [0.15, 0.2) is 11.9 Å². The second kappa shape index (κ2) is 9.39. The fourth-order valence-electron chi connectivity index (χ4n) is 3.25. The minimum Gasteiger partial charge on any atom is -0.449 e. The van der Waals surface area contributed by atoms with E-state index >= 15 is 0 Å². The van der Waals surface area contributed by atoms with Crippen LogP contribution in [-0.4, -0.2) is 35.8 Å². The molecule has 1 saturated carbocycles. The van der Waals surface area contributed by atoms with Gasteiger partial charge in [-0.05, 0) is 38.8 Å². The highest BCUT2D eigenvalue weighted by Gasteiger charge is 2.24. The van der Waals surface area contributed by atoms with E-state index in [2.05, 4.69) is 10.6 Å². The largest absolute Gasteiger partial charge is 0.449 e. The lowest BCUT2D eigenvalue weighted by atomic mass is 10.1. The van der Waals surface area contributed by atoms with Crippen LogP contribution in [0, 0.1) is 0 Å². The van der Waals surface area contributed by atoms with Gasteiger partial charge in [-0.3, -0.25) is 14.9 Å². The molecular weight excluding hydrogens is 388 g/mol. The lowest BCUT2D eigenvalue weighted by molar-refractivity contribution is -0.128. The number of amides is 3. The molecule has 1 fully saturated rings. The number of hydrogen-bond acceptors (Lipinski definition) is 6. The zero-order valence-electron chi connectivity index (χ0n) is 16.9. The maximum absolute atomic E-state index is 12.3. The number of imide groups is 1. The first-order valence-corrected chi connectivity index (χ1v) is 9.87. The Morgan fingerprint density at radius 1 is 1.03 bits per heavy atom. The molecule has 1 aliphatic rings. The summed E-state index contributed by atoms with van der Waals surface area (Å²) >= 11 is 0. The van der Waals surface area contributed by atoms with Crippen molar-refractivity contribution in [1.29, 1.82) is 0 Å². The van der Waals surface area contributed by atoms with Crippen molar-refractivity contribution in [3.8, 4) is 11.3 Å². The molecule has 2 N–H and O–H groups in total. The lowest BCUT2D eigenvalue weighted by Gasteiger charge is -2.15. The summed E-state index contributed by atoms with van der Waals surface area (Å²) in [5.74, 6) is -1.24. The number of ether oxygens (including phenoxy) is 1. The number of Topliss-reactive ketones (excluding diaryl/α,β-unsaturated/α-hetero) is 1. The van der Waals surface area contributed by atoms with E-state index < -0.39 is 24.0 Å². The van der Waals surface area contributed by atoms with Gasteiger partial charge >= 0.3 is 12.0 Å². The second-order valence-electron chi connectivity index (χ2n) is 7.29. The molecule has 0 bridgehead atoms. The Hall–Kier alpha value is -3.42. The Balaban J connectivity index is 1.54. The maximum atomic E-state index is 12.3. The van der Waals surface area contributed by atoms with Crippen molar-refractivity contribution in [2.45, 2.75) is 51.7 Å². The molecule has 0 saturated heterocycles. The number of esters is 1. The van der Waals surface area contributed by atoms with Crippen molar-refractivity contribution in [2.24, 2.45) is 0 Å². The summed E-state index contributed by atoms with van der Waals surface area (Å²) in [7, 11) is 0. The molecule has 0 spiro atoms. The molecule has 0 unspecified atom stereocenters. The topological polar surface area (TPSA) is 115 Å². The number of ketones is 1. The fourth-order valence-corrected chi connectivity index (χ4v) is 3.25. The van der Waals surface area contributed by atoms with Crippen molar-refractivity contribution in [1.82, 2.24) is 10.6 Å². The van der Waals surface area contributed by atoms with Crippen molar-refractivity contribution in [3.05, 3.63) is 47.7 Å². The standard InChI is InChI=1S/C22H24N2O6/c1-13(25)15-7-9-16(10-8-15)18-11-12-19(30-18)21(27)29-14(2)20(26)24-22(28)23-17-5-3-4-6-17/h7-12,14,17H,3-6H2,1-2H3,(H2,23,24,26,28)/t14-/m0/s1. The molecule has 158 valence electrons. The van der Waals surface area contributed by atoms with Crippen molar-refractivity contribution >= 4 is 23.7 Å². The van der Waals surface area contributed by atoms with Crippen LogP contribution in [0.5, 0.6) is 0 Å². The van der Waals surface area contributed by atoms with E-state index in [1.807, 2.05) is 0 Å². The lowest BCUT2D eigenvalue weighted by Crippen LogP contribution is -2.47. The van der Waals surface area contributed by atoms with Crippen molar-refractivity contribution in [2.75, 3.05) is 0 Å². The van der Waals surface area contributed by atoms with Crippen LogP contribution in [0.4, 0.5) is 4.79 Å². The van der Waals surface area contributed by atoms with Crippen LogP contribution in [0.2, 0.25) is 0 Å². The van der Waals surface area contributed by atoms with Crippen LogP contribution < -0.4 is 10.6 Å². The molecule has 0 radical (unpaired) electrons. The summed E-state index contributed by atoms with van der Waals surface area (Å²) in [6.45, 7) is 2.85. The third kappa shape index (κ3) is 5.34. The molecule has 1 aliphatic carbocycles. The van der Waals surface area contributed by atoms with Gasteiger partial charge in [-0.2, -0.15) is 0 Å². The van der Waals surface area contributed by atoms with Gasteiger partial charge in [-0.25, -0.2) is 9.59 Å². The summed E-state index contributed by atoms with van der Waals surface area (Å²) in [6, 6.07) is 9.27. The number of hydrogen-bond donors (Lipinski definition) is 2. The molecule has 2 aromatic rings. The van der Waals surface area contributed by atoms with E-state index in [0.717, 1.165) is 25.7 Å². The van der Waals surface area contributed by atoms with Crippen molar-refractivity contribution < 1.29 is 28.3 Å². The minimum absolute atomic E-state index is 0.0468. The SMILES string of the molecule is CC(=O)c1ccc(-c2ccc(C(=O)O[C@@H](C)C(=O)NC(=O)NC3CCCC3)o2)cc1. The summed E-state index contributed by atoms with van der Waals surface area (Å²) in [6.07, 6.45) is 2.72. The van der Waals surface area contributed by atoms with Gasteiger partial charge < -0.3 is 14.5 Å². The molecule has 1 aromatic heterocycles. The van der Waals surface area contributed by atoms with E-state index in [-0.39, 0.29) is 17.6 Å². The van der Waals surface area contributed by atoms with Gasteiger partial charge in [0.05, 0.1) is 0 Å². The Labute approximate surface area is 174 Å². The summed E-state index contributed by atoms with van der Waals surface area (Å²) < 4.78 is 10.6. The van der Waals surface area contributed by atoms with Crippen LogP contribution in [0.3, 0.4) is 0 Å². The normalized spacial score (nSPS) is 14.7. The molecular formula is C22H24N2O6. The first-order chi connectivity index (χ1) is 14.3. The van der Waals surface area contributed by atoms with Gasteiger partial charge in [-0.1, -0.05) is 37.1 Å². The van der Waals surface area contributed by atoms with Crippen LogP contribution in [-0.2, 0) is 9.53 Å². The predicted octanol–water partition coefficient (Wildman–Crippen LogP) is 3.46. The van der Waals surface area contributed by atoms with Gasteiger partial charge in [0.25, 0.3) is 5.91 Å². The zero-order chi connectivity index (χ0) is 21.7.